The molecule has 1 N–H and O–H groups in total. The van der Waals surface area contributed by atoms with E-state index < -0.39 is 9.84 Å². The summed E-state index contributed by atoms with van der Waals surface area (Å²) in [5, 5.41) is 7.18. The number of thiophene rings is 1. The van der Waals surface area contributed by atoms with Crippen LogP contribution in [0.2, 0.25) is 0 Å². The molecule has 1 fully saturated rings. The molecule has 146 valence electrons. The van der Waals surface area contributed by atoms with Crippen molar-refractivity contribution in [3.05, 3.63) is 58.9 Å². The number of nitrogens with one attached hydrogen (secondary N) is 1. The fraction of sp³-hybridized carbons (Fsp3) is 0.263. The lowest BCUT2D eigenvalue weighted by molar-refractivity contribution is 0.102. The largest absolute Gasteiger partial charge is 0.306 e. The Morgan fingerprint density at radius 1 is 1.29 bits per heavy atom. The van der Waals surface area contributed by atoms with E-state index in [2.05, 4.69) is 10.4 Å². The van der Waals surface area contributed by atoms with Crippen molar-refractivity contribution in [2.24, 2.45) is 0 Å². The molecule has 0 radical (unpaired) electrons. The molecule has 1 aliphatic rings. The molecule has 0 saturated carbocycles. The predicted octanol–water partition coefficient (Wildman–Crippen LogP) is 3.67. The van der Waals surface area contributed by atoms with E-state index in [1.54, 1.807) is 48.0 Å². The number of rotatable bonds is 4. The van der Waals surface area contributed by atoms with Gasteiger partial charge in [-0.1, -0.05) is 18.2 Å². The summed E-state index contributed by atoms with van der Waals surface area (Å²) in [5.41, 5.74) is 1.14. The van der Waals surface area contributed by atoms with Crippen LogP contribution in [0.15, 0.2) is 42.5 Å². The minimum Gasteiger partial charge on any atom is -0.306 e. The Morgan fingerprint density at radius 2 is 2.07 bits per heavy atom. The third-order valence-corrected chi connectivity index (χ3v) is 7.49. The first-order valence-electron chi connectivity index (χ1n) is 8.75. The molecule has 2 aromatic heterocycles. The SMILES string of the molecule is Cc1cc(NC(=O)c2ccc(-c3ccccc3F)s2)n(C2CCS(=O)(=O)C2)n1. The van der Waals surface area contributed by atoms with Crippen molar-refractivity contribution in [3.8, 4) is 10.4 Å². The van der Waals surface area contributed by atoms with E-state index >= 15 is 0 Å². The zero-order valence-corrected chi connectivity index (χ0v) is 16.7. The van der Waals surface area contributed by atoms with E-state index in [0.717, 1.165) is 0 Å². The van der Waals surface area contributed by atoms with Crippen LogP contribution in [0, 0.1) is 12.7 Å². The van der Waals surface area contributed by atoms with E-state index in [4.69, 9.17) is 0 Å². The zero-order valence-electron chi connectivity index (χ0n) is 15.1. The van der Waals surface area contributed by atoms with Crippen LogP contribution in [0.5, 0.6) is 0 Å². The molecule has 0 spiro atoms. The maximum absolute atomic E-state index is 14.0. The van der Waals surface area contributed by atoms with Crippen molar-refractivity contribution in [1.82, 2.24) is 9.78 Å². The van der Waals surface area contributed by atoms with Crippen molar-refractivity contribution in [2.45, 2.75) is 19.4 Å². The summed E-state index contributed by atoms with van der Waals surface area (Å²) < 4.78 is 39.1. The summed E-state index contributed by atoms with van der Waals surface area (Å²) >= 11 is 1.19. The van der Waals surface area contributed by atoms with Gasteiger partial charge >= 0.3 is 0 Å². The second-order valence-electron chi connectivity index (χ2n) is 6.77. The number of sulfone groups is 1. The van der Waals surface area contributed by atoms with Gasteiger partial charge in [0.25, 0.3) is 5.91 Å². The van der Waals surface area contributed by atoms with Crippen molar-refractivity contribution in [2.75, 3.05) is 16.8 Å². The lowest BCUT2D eigenvalue weighted by Crippen LogP contribution is -2.19. The molecular formula is C19H18FN3O3S2. The van der Waals surface area contributed by atoms with Crippen molar-refractivity contribution in [1.29, 1.82) is 0 Å². The van der Waals surface area contributed by atoms with Crippen molar-refractivity contribution in [3.63, 3.8) is 0 Å². The molecule has 6 nitrogen and oxygen atoms in total. The van der Waals surface area contributed by atoms with Crippen LogP contribution in [0.4, 0.5) is 10.2 Å². The van der Waals surface area contributed by atoms with Crippen molar-refractivity contribution >= 4 is 32.9 Å². The number of nitrogens with zero attached hydrogens (tertiary/aromatic N) is 2. The molecule has 3 heterocycles. The fourth-order valence-corrected chi connectivity index (χ4v) is 5.92. The van der Waals surface area contributed by atoms with Gasteiger partial charge in [-0.05, 0) is 31.5 Å². The quantitative estimate of drug-likeness (QED) is 0.700. The van der Waals surface area contributed by atoms with Gasteiger partial charge in [-0.25, -0.2) is 17.5 Å². The molecule has 1 aromatic carbocycles. The normalized spacial score (nSPS) is 18.3. The van der Waals surface area contributed by atoms with Gasteiger partial charge < -0.3 is 5.32 Å². The van der Waals surface area contributed by atoms with Crippen LogP contribution in [0.3, 0.4) is 0 Å². The van der Waals surface area contributed by atoms with Gasteiger partial charge in [0.2, 0.25) is 0 Å². The topological polar surface area (TPSA) is 81.1 Å². The van der Waals surface area contributed by atoms with Crippen LogP contribution in [0.25, 0.3) is 10.4 Å². The van der Waals surface area contributed by atoms with Crippen LogP contribution in [0.1, 0.15) is 27.8 Å². The fourth-order valence-electron chi connectivity index (χ4n) is 3.30. The summed E-state index contributed by atoms with van der Waals surface area (Å²) in [6.45, 7) is 1.79. The minimum atomic E-state index is -3.07. The number of halogens is 1. The molecule has 9 heteroatoms. The number of amides is 1. The second kappa shape index (κ2) is 7.14. The lowest BCUT2D eigenvalue weighted by atomic mass is 10.2. The summed E-state index contributed by atoms with van der Waals surface area (Å²) in [6.07, 6.45) is 0.475. The van der Waals surface area contributed by atoms with Gasteiger partial charge in [0.15, 0.2) is 9.84 Å². The number of carbonyl (C=O) groups is 1. The molecule has 4 rings (SSSR count). The highest BCUT2D eigenvalue weighted by molar-refractivity contribution is 7.91. The molecule has 1 amide bonds. The summed E-state index contributed by atoms with van der Waals surface area (Å²) in [7, 11) is -3.07. The number of hydrogen-bond donors (Lipinski definition) is 1. The second-order valence-corrected chi connectivity index (χ2v) is 10.1. The molecule has 1 unspecified atom stereocenters. The van der Waals surface area contributed by atoms with Crippen LogP contribution < -0.4 is 5.32 Å². The van der Waals surface area contributed by atoms with E-state index in [9.17, 15) is 17.6 Å². The molecular weight excluding hydrogens is 401 g/mol. The Balaban J connectivity index is 1.56. The van der Waals surface area contributed by atoms with Gasteiger partial charge in [0.05, 0.1) is 28.1 Å². The average Bonchev–Trinajstić information content (AvgIpc) is 3.34. The molecule has 0 aliphatic carbocycles. The van der Waals surface area contributed by atoms with Gasteiger partial charge in [-0.15, -0.1) is 11.3 Å². The Kier molecular flexibility index (Phi) is 4.80. The van der Waals surface area contributed by atoms with Crippen molar-refractivity contribution < 1.29 is 17.6 Å². The van der Waals surface area contributed by atoms with E-state index in [1.807, 2.05) is 0 Å². The maximum atomic E-state index is 14.0. The van der Waals surface area contributed by atoms with Crippen LogP contribution in [-0.2, 0) is 9.84 Å². The highest BCUT2D eigenvalue weighted by Crippen LogP contribution is 2.31. The third-order valence-electron chi connectivity index (χ3n) is 4.62. The molecule has 1 saturated heterocycles. The van der Waals surface area contributed by atoms with E-state index in [1.165, 1.54) is 17.4 Å². The minimum absolute atomic E-state index is 0.0213. The van der Waals surface area contributed by atoms with Gasteiger partial charge in [-0.3, -0.25) is 4.79 Å². The Bertz CT molecular complexity index is 1150. The van der Waals surface area contributed by atoms with Gasteiger partial charge in [0, 0.05) is 16.5 Å². The number of anilines is 1. The number of hydrogen-bond acceptors (Lipinski definition) is 5. The number of aromatic nitrogens is 2. The number of carbonyl (C=O) groups excluding carboxylic acids is 1. The average molecular weight is 420 g/mol. The summed E-state index contributed by atoms with van der Waals surface area (Å²) in [4.78, 5) is 13.8. The molecule has 28 heavy (non-hydrogen) atoms. The Hall–Kier alpha value is -2.52. The Labute approximate surface area is 165 Å². The smallest absolute Gasteiger partial charge is 0.266 e. The monoisotopic (exact) mass is 419 g/mol. The first-order valence-corrected chi connectivity index (χ1v) is 11.4. The zero-order chi connectivity index (χ0) is 19.9. The highest BCUT2D eigenvalue weighted by atomic mass is 32.2. The van der Waals surface area contributed by atoms with E-state index in [0.29, 0.717) is 33.3 Å². The summed E-state index contributed by atoms with van der Waals surface area (Å²) in [5.74, 6) is -0.0682. The lowest BCUT2D eigenvalue weighted by Gasteiger charge is -2.13. The third kappa shape index (κ3) is 3.72. The van der Waals surface area contributed by atoms with Gasteiger partial charge in [0.1, 0.15) is 11.6 Å². The molecule has 1 aliphatic heterocycles. The van der Waals surface area contributed by atoms with Crippen LogP contribution >= 0.6 is 11.3 Å². The number of benzene rings is 1. The van der Waals surface area contributed by atoms with E-state index in [-0.39, 0.29) is 29.3 Å². The first kappa shape index (κ1) is 18.8. The summed E-state index contributed by atoms with van der Waals surface area (Å²) in [6, 6.07) is 11.2. The standard InChI is InChI=1S/C19H18FN3O3S2/c1-12-10-18(23(22-12)13-8-9-28(25,26)11-13)21-19(24)17-7-6-16(27-17)14-4-2-3-5-15(14)20/h2-7,10,13H,8-9,11H2,1H3,(H,21,24). The predicted molar refractivity (Wildman–Crippen MR) is 107 cm³/mol. The molecule has 0 bridgehead atoms. The maximum Gasteiger partial charge on any atom is 0.266 e. The molecule has 1 atom stereocenters. The molecule has 3 aromatic rings. The Morgan fingerprint density at radius 3 is 2.79 bits per heavy atom. The number of aryl methyl sites for hydroxylation is 1. The van der Waals surface area contributed by atoms with Crippen LogP contribution in [-0.4, -0.2) is 35.6 Å². The highest BCUT2D eigenvalue weighted by Gasteiger charge is 2.31. The first-order chi connectivity index (χ1) is 13.3. The van der Waals surface area contributed by atoms with Gasteiger partial charge in [-0.2, -0.15) is 5.10 Å².